The third-order valence-electron chi connectivity index (χ3n) is 3.09. The first-order valence-electron chi connectivity index (χ1n) is 7.39. The molecular weight excluding hydrogens is 311 g/mol. The quantitative estimate of drug-likeness (QED) is 0.451. The van der Waals surface area contributed by atoms with Gasteiger partial charge in [0.2, 0.25) is 0 Å². The summed E-state index contributed by atoms with van der Waals surface area (Å²) in [5, 5.41) is 6.31. The summed E-state index contributed by atoms with van der Waals surface area (Å²) in [5.74, 6) is 0.632. The zero-order chi connectivity index (χ0) is 16.6. The van der Waals surface area contributed by atoms with Crippen LogP contribution in [0.2, 0.25) is 0 Å². The average molecular weight is 335 g/mol. The Balaban J connectivity index is 2.24. The predicted molar refractivity (Wildman–Crippen MR) is 86.6 cm³/mol. The summed E-state index contributed by atoms with van der Waals surface area (Å²) in [5.41, 5.74) is 0. The van der Waals surface area contributed by atoms with Gasteiger partial charge in [0.1, 0.15) is 0 Å². The zero-order valence-corrected chi connectivity index (χ0v) is 14.1. The Bertz CT molecular complexity index is 469. The lowest BCUT2D eigenvalue weighted by atomic mass is 10.2. The second-order valence-electron chi connectivity index (χ2n) is 5.33. The SMILES string of the molecule is CN=C(NCCCCC(F)(F)F)NC(C)Cc1ccc(C)s1. The van der Waals surface area contributed by atoms with Gasteiger partial charge in [-0.2, -0.15) is 13.2 Å². The van der Waals surface area contributed by atoms with E-state index in [4.69, 9.17) is 0 Å². The first-order valence-corrected chi connectivity index (χ1v) is 8.21. The van der Waals surface area contributed by atoms with Gasteiger partial charge in [-0.25, -0.2) is 0 Å². The number of halogens is 3. The highest BCUT2D eigenvalue weighted by Crippen LogP contribution is 2.21. The highest BCUT2D eigenvalue weighted by Gasteiger charge is 2.25. The Morgan fingerprint density at radius 1 is 1.32 bits per heavy atom. The molecule has 3 nitrogen and oxygen atoms in total. The highest BCUT2D eigenvalue weighted by molar-refractivity contribution is 7.11. The third kappa shape index (κ3) is 8.26. The second kappa shape index (κ2) is 9.02. The molecule has 0 saturated heterocycles. The van der Waals surface area contributed by atoms with Crippen LogP contribution < -0.4 is 10.6 Å². The molecule has 0 aliphatic rings. The molecule has 0 fully saturated rings. The van der Waals surface area contributed by atoms with Gasteiger partial charge in [0.15, 0.2) is 5.96 Å². The number of alkyl halides is 3. The Labute approximate surface area is 134 Å². The number of aliphatic imine (C=N–C) groups is 1. The number of nitrogens with one attached hydrogen (secondary N) is 2. The second-order valence-corrected chi connectivity index (χ2v) is 6.71. The Kier molecular flexibility index (Phi) is 7.72. The van der Waals surface area contributed by atoms with Crippen LogP contribution in [0.5, 0.6) is 0 Å². The summed E-state index contributed by atoms with van der Waals surface area (Å²) >= 11 is 1.77. The molecule has 0 amide bonds. The molecule has 0 radical (unpaired) electrons. The minimum Gasteiger partial charge on any atom is -0.356 e. The Morgan fingerprint density at radius 3 is 2.59 bits per heavy atom. The number of unbranched alkanes of at least 4 members (excludes halogenated alkanes) is 1. The molecule has 1 aromatic rings. The van der Waals surface area contributed by atoms with Crippen LogP contribution in [0.15, 0.2) is 17.1 Å². The fourth-order valence-electron chi connectivity index (χ4n) is 2.03. The molecule has 0 spiro atoms. The fraction of sp³-hybridized carbons (Fsp3) is 0.667. The molecule has 0 aromatic carbocycles. The molecule has 0 aliphatic carbocycles. The maximum atomic E-state index is 12.0. The van der Waals surface area contributed by atoms with Crippen LogP contribution in [0.3, 0.4) is 0 Å². The standard InChI is InChI=1S/C15H24F3N3S/c1-11(10-13-7-6-12(2)22-13)21-14(19-3)20-9-5-4-8-15(16,17)18/h6-7,11H,4-5,8-10H2,1-3H3,(H2,19,20,21). The van der Waals surface area contributed by atoms with Crippen molar-refractivity contribution in [3.8, 4) is 0 Å². The van der Waals surface area contributed by atoms with Crippen LogP contribution in [0.25, 0.3) is 0 Å². The van der Waals surface area contributed by atoms with E-state index in [1.54, 1.807) is 18.4 Å². The molecular formula is C15H24F3N3S. The normalized spacial score (nSPS) is 14.0. The number of hydrogen-bond acceptors (Lipinski definition) is 2. The Morgan fingerprint density at radius 2 is 2.05 bits per heavy atom. The van der Waals surface area contributed by atoms with E-state index >= 15 is 0 Å². The molecule has 1 aromatic heterocycles. The molecule has 2 N–H and O–H groups in total. The van der Waals surface area contributed by atoms with Crippen LogP contribution >= 0.6 is 11.3 Å². The lowest BCUT2D eigenvalue weighted by Crippen LogP contribution is -2.43. The molecule has 1 rings (SSSR count). The van der Waals surface area contributed by atoms with E-state index in [1.807, 2.05) is 0 Å². The number of rotatable bonds is 7. The molecule has 0 bridgehead atoms. The van der Waals surface area contributed by atoms with Crippen molar-refractivity contribution in [1.82, 2.24) is 10.6 Å². The summed E-state index contributed by atoms with van der Waals surface area (Å²) in [6.45, 7) is 4.62. The molecule has 1 heterocycles. The first-order chi connectivity index (χ1) is 10.3. The van der Waals surface area contributed by atoms with Gasteiger partial charge in [-0.3, -0.25) is 4.99 Å². The molecule has 1 unspecified atom stereocenters. The predicted octanol–water partition coefficient (Wildman–Crippen LogP) is 3.89. The van der Waals surface area contributed by atoms with Gasteiger partial charge in [-0.15, -0.1) is 11.3 Å². The van der Waals surface area contributed by atoms with Gasteiger partial charge >= 0.3 is 6.18 Å². The molecule has 7 heteroatoms. The van der Waals surface area contributed by atoms with Crippen LogP contribution in [-0.2, 0) is 6.42 Å². The van der Waals surface area contributed by atoms with E-state index in [1.165, 1.54) is 9.75 Å². The van der Waals surface area contributed by atoms with E-state index in [0.717, 1.165) is 6.42 Å². The summed E-state index contributed by atoms with van der Waals surface area (Å²) in [7, 11) is 1.66. The number of thiophene rings is 1. The number of aryl methyl sites for hydroxylation is 1. The summed E-state index contributed by atoms with van der Waals surface area (Å²) < 4.78 is 36.1. The van der Waals surface area contributed by atoms with E-state index in [-0.39, 0.29) is 12.5 Å². The minimum absolute atomic E-state index is 0.136. The van der Waals surface area contributed by atoms with Crippen molar-refractivity contribution in [3.63, 3.8) is 0 Å². The molecule has 1 atom stereocenters. The van der Waals surface area contributed by atoms with Crippen molar-refractivity contribution in [2.45, 2.75) is 51.7 Å². The number of nitrogens with zero attached hydrogens (tertiary/aromatic N) is 1. The molecule has 0 saturated carbocycles. The number of guanidine groups is 1. The van der Waals surface area contributed by atoms with Crippen molar-refractivity contribution in [2.24, 2.45) is 4.99 Å². The smallest absolute Gasteiger partial charge is 0.356 e. The van der Waals surface area contributed by atoms with Crippen LogP contribution in [0, 0.1) is 6.92 Å². The third-order valence-corrected chi connectivity index (χ3v) is 4.11. The molecule has 126 valence electrons. The highest BCUT2D eigenvalue weighted by atomic mass is 32.1. The maximum Gasteiger partial charge on any atom is 0.389 e. The Hall–Kier alpha value is -1.24. The maximum absolute atomic E-state index is 12.0. The monoisotopic (exact) mass is 335 g/mol. The van der Waals surface area contributed by atoms with Crippen LogP contribution in [0.4, 0.5) is 13.2 Å². The van der Waals surface area contributed by atoms with Crippen LogP contribution in [-0.4, -0.2) is 31.8 Å². The van der Waals surface area contributed by atoms with Crippen molar-refractivity contribution >= 4 is 17.3 Å². The van der Waals surface area contributed by atoms with E-state index in [0.29, 0.717) is 18.9 Å². The van der Waals surface area contributed by atoms with Gasteiger partial charge in [0.05, 0.1) is 0 Å². The van der Waals surface area contributed by atoms with Crippen molar-refractivity contribution < 1.29 is 13.2 Å². The number of hydrogen-bond donors (Lipinski definition) is 2. The molecule has 22 heavy (non-hydrogen) atoms. The summed E-state index contributed by atoms with van der Waals surface area (Å²) in [6, 6.07) is 4.42. The largest absolute Gasteiger partial charge is 0.389 e. The molecule has 0 aliphatic heterocycles. The fourth-order valence-corrected chi connectivity index (χ4v) is 3.05. The van der Waals surface area contributed by atoms with Gasteiger partial charge < -0.3 is 10.6 Å². The van der Waals surface area contributed by atoms with Gasteiger partial charge in [0.25, 0.3) is 0 Å². The topological polar surface area (TPSA) is 36.4 Å². The summed E-state index contributed by atoms with van der Waals surface area (Å²) in [4.78, 5) is 6.69. The lowest BCUT2D eigenvalue weighted by Gasteiger charge is -2.17. The summed E-state index contributed by atoms with van der Waals surface area (Å²) in [6.07, 6.45) is -3.29. The first kappa shape index (κ1) is 18.8. The van der Waals surface area contributed by atoms with Gasteiger partial charge in [-0.1, -0.05) is 0 Å². The van der Waals surface area contributed by atoms with Crippen molar-refractivity contribution in [2.75, 3.05) is 13.6 Å². The average Bonchev–Trinajstić information content (AvgIpc) is 2.80. The minimum atomic E-state index is -4.06. The van der Waals surface area contributed by atoms with E-state index < -0.39 is 12.6 Å². The van der Waals surface area contributed by atoms with E-state index in [9.17, 15) is 13.2 Å². The van der Waals surface area contributed by atoms with Crippen molar-refractivity contribution in [1.29, 1.82) is 0 Å². The van der Waals surface area contributed by atoms with E-state index in [2.05, 4.69) is 41.6 Å². The lowest BCUT2D eigenvalue weighted by molar-refractivity contribution is -0.135. The van der Waals surface area contributed by atoms with Crippen molar-refractivity contribution in [3.05, 3.63) is 21.9 Å². The zero-order valence-electron chi connectivity index (χ0n) is 13.3. The van der Waals surface area contributed by atoms with Crippen LogP contribution in [0.1, 0.15) is 35.9 Å². The van der Waals surface area contributed by atoms with Gasteiger partial charge in [0, 0.05) is 42.2 Å². The van der Waals surface area contributed by atoms with Gasteiger partial charge in [-0.05, 0) is 38.8 Å².